The smallest absolute Gasteiger partial charge is 0.259 e. The van der Waals surface area contributed by atoms with E-state index in [9.17, 15) is 4.79 Å². The Hall–Kier alpha value is -2.89. The van der Waals surface area contributed by atoms with Gasteiger partial charge in [-0.3, -0.25) is 14.9 Å². The van der Waals surface area contributed by atoms with Crippen LogP contribution in [0.25, 0.3) is 10.9 Å². The van der Waals surface area contributed by atoms with E-state index in [1.807, 2.05) is 32.0 Å². The highest BCUT2D eigenvalue weighted by molar-refractivity contribution is 6.35. The van der Waals surface area contributed by atoms with Gasteiger partial charge in [0.15, 0.2) is 0 Å². The maximum atomic E-state index is 13.7. The number of pyridine rings is 1. The largest absolute Gasteiger partial charge is 0.301 e. The van der Waals surface area contributed by atoms with Crippen molar-refractivity contribution in [2.24, 2.45) is 0 Å². The summed E-state index contributed by atoms with van der Waals surface area (Å²) in [6.07, 6.45) is 5.06. The van der Waals surface area contributed by atoms with Gasteiger partial charge < -0.3 is 4.90 Å². The molecule has 1 atom stereocenters. The summed E-state index contributed by atoms with van der Waals surface area (Å²) >= 11 is 12.5. The third-order valence-corrected chi connectivity index (χ3v) is 5.38. The Bertz CT molecular complexity index is 1180. The zero-order valence-electron chi connectivity index (χ0n) is 15.9. The summed E-state index contributed by atoms with van der Waals surface area (Å²) in [5.74, 6) is -0.160. The van der Waals surface area contributed by atoms with Crippen molar-refractivity contribution >= 4 is 45.7 Å². The van der Waals surface area contributed by atoms with Gasteiger partial charge in [0.05, 0.1) is 17.8 Å². The van der Waals surface area contributed by atoms with Crippen molar-refractivity contribution in [2.75, 3.05) is 4.90 Å². The number of amides is 1. The Morgan fingerprint density at radius 1 is 1.10 bits per heavy atom. The lowest BCUT2D eigenvalue weighted by atomic mass is 10.0. The zero-order valence-corrected chi connectivity index (χ0v) is 17.4. The lowest BCUT2D eigenvalue weighted by molar-refractivity contribution is 0.0977. The van der Waals surface area contributed by atoms with E-state index < -0.39 is 0 Å². The van der Waals surface area contributed by atoms with Crippen LogP contribution in [-0.2, 0) is 0 Å². The molecule has 2 aromatic carbocycles. The summed E-state index contributed by atoms with van der Waals surface area (Å²) in [5.41, 5.74) is 3.81. The number of aromatic amines is 1. The molecule has 0 aliphatic carbocycles. The Morgan fingerprint density at radius 3 is 2.59 bits per heavy atom. The van der Waals surface area contributed by atoms with Crippen LogP contribution < -0.4 is 4.90 Å². The highest BCUT2D eigenvalue weighted by atomic mass is 35.5. The Labute approximate surface area is 178 Å². The van der Waals surface area contributed by atoms with Gasteiger partial charge in [-0.15, -0.1) is 0 Å². The van der Waals surface area contributed by atoms with Crippen molar-refractivity contribution in [1.82, 2.24) is 15.2 Å². The number of carbonyl (C=O) groups excluding carboxylic acids is 1. The zero-order chi connectivity index (χ0) is 20.5. The number of nitrogens with zero attached hydrogens (tertiary/aromatic N) is 3. The number of carbonyl (C=O) groups is 1. The second kappa shape index (κ2) is 7.85. The molecule has 29 heavy (non-hydrogen) atoms. The first kappa shape index (κ1) is 19.4. The Kier molecular flexibility index (Phi) is 5.26. The van der Waals surface area contributed by atoms with Crippen LogP contribution in [0.5, 0.6) is 0 Å². The van der Waals surface area contributed by atoms with Crippen LogP contribution in [0.4, 0.5) is 5.69 Å². The third-order valence-electron chi connectivity index (χ3n) is 4.94. The molecule has 5 nitrogen and oxygen atoms in total. The molecule has 0 spiro atoms. The molecule has 1 N–H and O–H groups in total. The topological polar surface area (TPSA) is 61.9 Å². The van der Waals surface area contributed by atoms with Crippen molar-refractivity contribution in [3.63, 3.8) is 0 Å². The highest BCUT2D eigenvalue weighted by Crippen LogP contribution is 2.35. The molecular formula is C22H18Cl2N4O. The molecule has 0 aliphatic rings. The van der Waals surface area contributed by atoms with Gasteiger partial charge >= 0.3 is 0 Å². The van der Waals surface area contributed by atoms with Crippen LogP contribution in [-0.4, -0.2) is 21.1 Å². The van der Waals surface area contributed by atoms with E-state index in [0.29, 0.717) is 21.3 Å². The number of H-pyrrole nitrogens is 1. The summed E-state index contributed by atoms with van der Waals surface area (Å²) < 4.78 is 0. The van der Waals surface area contributed by atoms with E-state index in [1.54, 1.807) is 47.8 Å². The second-order valence-corrected chi connectivity index (χ2v) is 7.72. The third kappa shape index (κ3) is 3.71. The molecule has 0 radical (unpaired) electrons. The molecule has 0 saturated heterocycles. The minimum Gasteiger partial charge on any atom is -0.301 e. The number of benzene rings is 2. The highest BCUT2D eigenvalue weighted by Gasteiger charge is 2.27. The van der Waals surface area contributed by atoms with Crippen LogP contribution in [0.2, 0.25) is 10.0 Å². The number of anilines is 1. The van der Waals surface area contributed by atoms with Crippen LogP contribution >= 0.6 is 23.2 Å². The quantitative estimate of drug-likeness (QED) is 0.438. The van der Waals surface area contributed by atoms with Gasteiger partial charge in [0.1, 0.15) is 0 Å². The molecule has 1 amide bonds. The minimum absolute atomic E-state index is 0.160. The summed E-state index contributed by atoms with van der Waals surface area (Å²) in [6.45, 7) is 3.84. The van der Waals surface area contributed by atoms with E-state index in [1.165, 1.54) is 0 Å². The molecular weight excluding hydrogens is 407 g/mol. The number of aromatic nitrogens is 3. The average molecular weight is 425 g/mol. The van der Waals surface area contributed by atoms with Gasteiger partial charge in [-0.1, -0.05) is 41.4 Å². The first-order valence-corrected chi connectivity index (χ1v) is 9.83. The fraction of sp³-hybridized carbons (Fsp3) is 0.136. The monoisotopic (exact) mass is 424 g/mol. The number of hydrogen-bond donors (Lipinski definition) is 1. The molecule has 7 heteroatoms. The SMILES string of the molecule is Cc1cnccc1C(=O)N(c1cc(Cl)cc(Cl)c1)C(C)c1cccc2cn[nH]c12. The number of aryl methyl sites for hydroxylation is 1. The first-order chi connectivity index (χ1) is 14.0. The van der Waals surface area contributed by atoms with Crippen LogP contribution in [0.3, 0.4) is 0 Å². The first-order valence-electron chi connectivity index (χ1n) is 9.08. The number of nitrogens with one attached hydrogen (secondary N) is 1. The van der Waals surface area contributed by atoms with Crippen molar-refractivity contribution in [3.05, 3.63) is 87.8 Å². The number of halogens is 2. The van der Waals surface area contributed by atoms with E-state index in [2.05, 4.69) is 15.2 Å². The van der Waals surface area contributed by atoms with Crippen molar-refractivity contribution in [2.45, 2.75) is 19.9 Å². The van der Waals surface area contributed by atoms with Crippen LogP contribution in [0.1, 0.15) is 34.5 Å². The molecule has 0 aliphatic heterocycles. The van der Waals surface area contributed by atoms with E-state index in [4.69, 9.17) is 23.2 Å². The lowest BCUT2D eigenvalue weighted by Gasteiger charge is -2.31. The van der Waals surface area contributed by atoms with Gasteiger partial charge in [0, 0.05) is 44.6 Å². The maximum absolute atomic E-state index is 13.7. The van der Waals surface area contributed by atoms with Crippen molar-refractivity contribution in [3.8, 4) is 0 Å². The predicted octanol–water partition coefficient (Wildman–Crippen LogP) is 5.98. The molecule has 1 unspecified atom stereocenters. The summed E-state index contributed by atoms with van der Waals surface area (Å²) in [7, 11) is 0. The molecule has 2 heterocycles. The van der Waals surface area contributed by atoms with Crippen molar-refractivity contribution in [1.29, 1.82) is 0 Å². The van der Waals surface area contributed by atoms with E-state index >= 15 is 0 Å². The molecule has 4 aromatic rings. The maximum Gasteiger partial charge on any atom is 0.259 e. The van der Waals surface area contributed by atoms with Gasteiger partial charge in [-0.05, 0) is 43.7 Å². The normalized spacial score (nSPS) is 12.1. The second-order valence-electron chi connectivity index (χ2n) is 6.85. The molecule has 0 fully saturated rings. The summed E-state index contributed by atoms with van der Waals surface area (Å²) in [4.78, 5) is 19.5. The lowest BCUT2D eigenvalue weighted by Crippen LogP contribution is -2.34. The number of para-hydroxylation sites is 1. The van der Waals surface area contributed by atoms with E-state index in [0.717, 1.165) is 22.0 Å². The van der Waals surface area contributed by atoms with Gasteiger partial charge in [-0.25, -0.2) is 0 Å². The molecule has 2 aromatic heterocycles. The van der Waals surface area contributed by atoms with Crippen molar-refractivity contribution < 1.29 is 4.79 Å². The minimum atomic E-state index is -0.311. The van der Waals surface area contributed by atoms with Gasteiger partial charge in [0.25, 0.3) is 5.91 Å². The number of hydrogen-bond acceptors (Lipinski definition) is 3. The number of rotatable bonds is 4. The average Bonchev–Trinajstić information content (AvgIpc) is 3.16. The van der Waals surface area contributed by atoms with Crippen LogP contribution in [0, 0.1) is 6.92 Å². The summed E-state index contributed by atoms with van der Waals surface area (Å²) in [5, 5.41) is 9.08. The molecule has 0 bridgehead atoms. The Balaban J connectivity index is 1.89. The molecule has 146 valence electrons. The molecule has 4 rings (SSSR count). The van der Waals surface area contributed by atoms with Gasteiger partial charge in [0.2, 0.25) is 0 Å². The fourth-order valence-corrected chi connectivity index (χ4v) is 4.03. The van der Waals surface area contributed by atoms with Crippen LogP contribution in [0.15, 0.2) is 61.1 Å². The predicted molar refractivity (Wildman–Crippen MR) is 117 cm³/mol. The summed E-state index contributed by atoms with van der Waals surface area (Å²) in [6, 6.07) is 12.5. The fourth-order valence-electron chi connectivity index (χ4n) is 3.52. The van der Waals surface area contributed by atoms with Gasteiger partial charge in [-0.2, -0.15) is 5.10 Å². The molecule has 0 saturated carbocycles. The number of fused-ring (bicyclic) bond motifs is 1. The van der Waals surface area contributed by atoms with E-state index in [-0.39, 0.29) is 11.9 Å². The standard InChI is InChI=1S/C22H18Cl2N4O/c1-13-11-25-7-6-19(13)22(29)28(18-9-16(23)8-17(24)10-18)14(2)20-5-3-4-15-12-26-27-21(15)20/h3-12,14H,1-2H3,(H,26,27). The Morgan fingerprint density at radius 2 is 1.86 bits per heavy atom.